The molecule has 0 fully saturated rings. The van der Waals surface area contributed by atoms with Crippen molar-refractivity contribution in [3.63, 3.8) is 0 Å². The summed E-state index contributed by atoms with van der Waals surface area (Å²) in [6.07, 6.45) is 6.23. The molecule has 0 spiro atoms. The zero-order valence-electron chi connectivity index (χ0n) is 9.03. The van der Waals surface area contributed by atoms with Gasteiger partial charge in [-0.3, -0.25) is 0 Å². The van der Waals surface area contributed by atoms with E-state index in [0.29, 0.717) is 0 Å². The first kappa shape index (κ1) is 15.3. The molecule has 0 rings (SSSR count). The molecule has 0 aliphatic rings. The zero-order valence-corrected chi connectivity index (χ0v) is 9.03. The Morgan fingerprint density at radius 2 is 1.79 bits per heavy atom. The summed E-state index contributed by atoms with van der Waals surface area (Å²) in [6, 6.07) is 0. The molecule has 0 aliphatic carbocycles. The second kappa shape index (κ2) is 11.8. The van der Waals surface area contributed by atoms with Crippen LogP contribution in [-0.4, -0.2) is 16.9 Å². The third kappa shape index (κ3) is 17.1. The van der Waals surface area contributed by atoms with Crippen LogP contribution in [0.4, 0.5) is 0 Å². The summed E-state index contributed by atoms with van der Waals surface area (Å²) < 4.78 is 0. The highest BCUT2D eigenvalue weighted by Gasteiger charge is 1.86. The van der Waals surface area contributed by atoms with E-state index in [-0.39, 0.29) is 6.61 Å². The van der Waals surface area contributed by atoms with Crippen molar-refractivity contribution in [2.75, 3.05) is 6.61 Å². The summed E-state index contributed by atoms with van der Waals surface area (Å²) in [4.78, 5) is 8.11. The third-order valence-electron chi connectivity index (χ3n) is 1.53. The zero-order chi connectivity index (χ0) is 11.4. The molecule has 0 aliphatic heterocycles. The van der Waals surface area contributed by atoms with Gasteiger partial charge < -0.3 is 10.3 Å². The quantitative estimate of drug-likeness (QED) is 0.417. The van der Waals surface area contributed by atoms with Gasteiger partial charge in [-0.2, -0.15) is 0 Å². The number of aliphatic hydroxyl groups excluding tert-OH is 1. The molecule has 0 heterocycles. The molecule has 0 radical (unpaired) electrons. The molecule has 2 N–H and O–H groups in total. The molecular formula is C10H19NO3. The number of allylic oxidation sites excluding steroid dienone is 3. The lowest BCUT2D eigenvalue weighted by molar-refractivity contribution is 0.312. The van der Waals surface area contributed by atoms with E-state index in [1.165, 1.54) is 16.5 Å². The van der Waals surface area contributed by atoms with E-state index in [4.69, 9.17) is 15.2 Å². The van der Waals surface area contributed by atoms with E-state index in [9.17, 15) is 0 Å². The minimum Gasteiger partial charge on any atom is -0.392 e. The topological polar surface area (TPSA) is 69.9 Å². The van der Waals surface area contributed by atoms with Gasteiger partial charge >= 0.3 is 0 Å². The fraction of sp³-hybridized carbons (Fsp3) is 0.600. The Hall–Kier alpha value is -1.16. The minimum absolute atomic E-state index is 0.167. The first-order valence-electron chi connectivity index (χ1n) is 4.45. The average Bonchev–Trinajstić information content (AvgIpc) is 2.05. The Bertz CT molecular complexity index is 194. The monoisotopic (exact) mass is 201 g/mol. The highest BCUT2D eigenvalue weighted by atomic mass is 16.6. The van der Waals surface area contributed by atoms with Crippen molar-refractivity contribution in [1.29, 1.82) is 0 Å². The van der Waals surface area contributed by atoms with E-state index in [1.54, 1.807) is 0 Å². The van der Waals surface area contributed by atoms with Crippen LogP contribution in [0.2, 0.25) is 0 Å². The smallest absolute Gasteiger partial charge is 0.152 e. The predicted octanol–water partition coefficient (Wildman–Crippen LogP) is 2.81. The van der Waals surface area contributed by atoms with Crippen molar-refractivity contribution in [2.24, 2.45) is 5.34 Å². The number of hydrogen-bond acceptors (Lipinski definition) is 3. The highest BCUT2D eigenvalue weighted by Crippen LogP contribution is 2.05. The Labute approximate surface area is 84.9 Å². The molecule has 0 bridgehead atoms. The van der Waals surface area contributed by atoms with Gasteiger partial charge in [-0.05, 0) is 33.6 Å². The molecule has 0 aromatic rings. The van der Waals surface area contributed by atoms with E-state index >= 15 is 0 Å². The minimum atomic E-state index is 0.167. The number of nitrogens with zero attached hydrogens (tertiary/aromatic N) is 1. The predicted molar refractivity (Wildman–Crippen MR) is 57.1 cm³/mol. The van der Waals surface area contributed by atoms with Crippen LogP contribution in [0, 0.1) is 4.91 Å². The number of aliphatic hydroxyl groups is 1. The van der Waals surface area contributed by atoms with Gasteiger partial charge in [-0.25, -0.2) is 0 Å². The van der Waals surface area contributed by atoms with Crippen molar-refractivity contribution in [1.82, 2.24) is 0 Å². The molecule has 14 heavy (non-hydrogen) atoms. The van der Waals surface area contributed by atoms with Crippen LogP contribution in [0.5, 0.6) is 0 Å². The van der Waals surface area contributed by atoms with Crippen molar-refractivity contribution in [3.8, 4) is 0 Å². The van der Waals surface area contributed by atoms with Crippen LogP contribution < -0.4 is 0 Å². The number of rotatable bonds is 4. The molecule has 0 atom stereocenters. The molecule has 0 saturated carbocycles. The van der Waals surface area contributed by atoms with Gasteiger partial charge in [0.2, 0.25) is 0 Å². The average molecular weight is 201 g/mol. The van der Waals surface area contributed by atoms with Crippen molar-refractivity contribution >= 4 is 0 Å². The maximum atomic E-state index is 8.55. The third-order valence-corrected chi connectivity index (χ3v) is 1.53. The van der Waals surface area contributed by atoms with E-state index in [0.717, 1.165) is 12.8 Å². The summed E-state index contributed by atoms with van der Waals surface area (Å²) in [5.74, 6) is 0. The Balaban J connectivity index is 0. The summed E-state index contributed by atoms with van der Waals surface area (Å²) in [5.41, 5.74) is 2.63. The van der Waals surface area contributed by atoms with Crippen LogP contribution in [0.25, 0.3) is 0 Å². The fourth-order valence-corrected chi connectivity index (χ4v) is 0.846. The standard InChI is InChI=1S/C10H18O.HNO2/c1-9(2)5-4-6-10(3)7-8-11;2-1-3/h5,7,11H,4,6,8H2,1-3H3;(H,2,3)/b10-7+;. The Morgan fingerprint density at radius 1 is 1.29 bits per heavy atom. The molecular weight excluding hydrogens is 182 g/mol. The Morgan fingerprint density at radius 3 is 2.14 bits per heavy atom. The molecule has 0 aromatic heterocycles. The van der Waals surface area contributed by atoms with Gasteiger partial charge in [0.25, 0.3) is 0 Å². The van der Waals surface area contributed by atoms with Crippen LogP contribution in [-0.2, 0) is 0 Å². The second-order valence-electron chi connectivity index (χ2n) is 3.13. The van der Waals surface area contributed by atoms with Crippen LogP contribution in [0.3, 0.4) is 0 Å². The number of hydrogen-bond donors (Lipinski definition) is 2. The van der Waals surface area contributed by atoms with Gasteiger partial charge in [0, 0.05) is 0 Å². The summed E-state index contributed by atoms with van der Waals surface area (Å²) in [5, 5.41) is 16.4. The van der Waals surface area contributed by atoms with Gasteiger partial charge in [0.05, 0.1) is 6.61 Å². The molecule has 0 unspecified atom stereocenters. The Kier molecular flexibility index (Phi) is 13.0. The van der Waals surface area contributed by atoms with Crippen molar-refractivity contribution in [3.05, 3.63) is 28.2 Å². The lowest BCUT2D eigenvalue weighted by Gasteiger charge is -1.96. The van der Waals surface area contributed by atoms with Crippen molar-refractivity contribution < 1.29 is 10.3 Å². The summed E-state index contributed by atoms with van der Waals surface area (Å²) in [7, 11) is 0. The van der Waals surface area contributed by atoms with Gasteiger partial charge in [-0.1, -0.05) is 23.3 Å². The van der Waals surface area contributed by atoms with Crippen LogP contribution in [0.1, 0.15) is 33.6 Å². The lowest BCUT2D eigenvalue weighted by atomic mass is 10.1. The van der Waals surface area contributed by atoms with Gasteiger partial charge in [0.1, 0.15) is 0 Å². The first-order chi connectivity index (χ1) is 6.58. The lowest BCUT2D eigenvalue weighted by Crippen LogP contribution is -1.80. The molecule has 4 heteroatoms. The van der Waals surface area contributed by atoms with Gasteiger partial charge in [-0.15, -0.1) is 4.91 Å². The largest absolute Gasteiger partial charge is 0.392 e. The van der Waals surface area contributed by atoms with Gasteiger partial charge in [0.15, 0.2) is 5.34 Å². The molecule has 4 nitrogen and oxygen atoms in total. The van der Waals surface area contributed by atoms with Crippen molar-refractivity contribution in [2.45, 2.75) is 33.6 Å². The molecule has 0 saturated heterocycles. The molecule has 82 valence electrons. The second-order valence-corrected chi connectivity index (χ2v) is 3.13. The van der Waals surface area contributed by atoms with E-state index in [2.05, 4.69) is 26.8 Å². The van der Waals surface area contributed by atoms with E-state index in [1.807, 2.05) is 6.08 Å². The normalized spacial score (nSPS) is 9.86. The fourth-order valence-electron chi connectivity index (χ4n) is 0.846. The summed E-state index contributed by atoms with van der Waals surface area (Å²) in [6.45, 7) is 6.42. The van der Waals surface area contributed by atoms with E-state index < -0.39 is 0 Å². The van der Waals surface area contributed by atoms with Crippen LogP contribution >= 0.6 is 0 Å². The molecule has 0 aromatic carbocycles. The molecule has 0 amide bonds. The highest BCUT2D eigenvalue weighted by molar-refractivity contribution is 5.01. The summed E-state index contributed by atoms with van der Waals surface area (Å²) >= 11 is 0. The maximum absolute atomic E-state index is 8.55. The SMILES string of the molecule is CC(C)=CCC/C(C)=C/CO.O=NO. The van der Waals surface area contributed by atoms with Crippen LogP contribution in [0.15, 0.2) is 28.6 Å². The first-order valence-corrected chi connectivity index (χ1v) is 4.45. The maximum Gasteiger partial charge on any atom is 0.152 e.